The van der Waals surface area contributed by atoms with E-state index >= 15 is 0 Å². The fraction of sp³-hybridized carbons (Fsp3) is 0.150. The van der Waals surface area contributed by atoms with Crippen molar-refractivity contribution in [3.05, 3.63) is 75.5 Å². The number of thiazole rings is 1. The molecule has 3 heterocycles. The normalized spacial score (nSPS) is 11.1. The van der Waals surface area contributed by atoms with E-state index in [1.165, 1.54) is 11.3 Å². The first kappa shape index (κ1) is 18.2. The lowest BCUT2D eigenvalue weighted by Crippen LogP contribution is -2.21. The van der Waals surface area contributed by atoms with Gasteiger partial charge in [0.05, 0.1) is 16.2 Å². The first-order valence-electron chi connectivity index (χ1n) is 8.40. The van der Waals surface area contributed by atoms with E-state index in [9.17, 15) is 4.79 Å². The maximum atomic E-state index is 13.1. The molecule has 0 saturated heterocycles. The Hall–Kier alpha value is -2.22. The molecule has 0 aliphatic heterocycles. The molecule has 0 radical (unpaired) electrons. The molecule has 136 valence electrons. The van der Waals surface area contributed by atoms with E-state index in [0.29, 0.717) is 22.2 Å². The highest BCUT2D eigenvalue weighted by molar-refractivity contribution is 7.98. The van der Waals surface area contributed by atoms with Gasteiger partial charge in [-0.2, -0.15) is 0 Å². The van der Waals surface area contributed by atoms with Gasteiger partial charge in [-0.15, -0.1) is 29.3 Å². The summed E-state index contributed by atoms with van der Waals surface area (Å²) in [4.78, 5) is 23.4. The van der Waals surface area contributed by atoms with Crippen LogP contribution in [-0.4, -0.2) is 14.5 Å². The van der Waals surface area contributed by atoms with Crippen LogP contribution >= 0.6 is 34.4 Å². The monoisotopic (exact) mass is 411 g/mol. The smallest absolute Gasteiger partial charge is 0.272 e. The Bertz CT molecular complexity index is 1160. The molecule has 4 aromatic rings. The van der Waals surface area contributed by atoms with Gasteiger partial charge >= 0.3 is 0 Å². The molecule has 1 aromatic carbocycles. The van der Waals surface area contributed by atoms with Crippen LogP contribution in [0.4, 0.5) is 0 Å². The third-order valence-corrected chi connectivity index (χ3v) is 6.98. The van der Waals surface area contributed by atoms with Crippen LogP contribution in [0.2, 0.25) is 0 Å². The summed E-state index contributed by atoms with van der Waals surface area (Å²) in [6.07, 6.45) is 1.73. The Morgan fingerprint density at radius 3 is 2.78 bits per heavy atom. The van der Waals surface area contributed by atoms with Gasteiger partial charge in [0.15, 0.2) is 5.16 Å². The van der Waals surface area contributed by atoms with Crippen LogP contribution in [0.25, 0.3) is 20.7 Å². The molecule has 7 heteroatoms. The van der Waals surface area contributed by atoms with Gasteiger partial charge in [0.2, 0.25) is 0 Å². The number of fused-ring (bicyclic) bond motifs is 1. The summed E-state index contributed by atoms with van der Waals surface area (Å²) < 4.78 is 2.38. The van der Waals surface area contributed by atoms with E-state index in [2.05, 4.69) is 16.9 Å². The largest absolute Gasteiger partial charge is 0.282 e. The van der Waals surface area contributed by atoms with Crippen LogP contribution in [0.5, 0.6) is 0 Å². The Labute approximate surface area is 169 Å². The molecule has 0 unspecified atom stereocenters. The number of aryl methyl sites for hydroxylation is 1. The first-order chi connectivity index (χ1) is 13.2. The van der Waals surface area contributed by atoms with E-state index in [1.54, 1.807) is 33.7 Å². The average molecular weight is 412 g/mol. The van der Waals surface area contributed by atoms with Crippen molar-refractivity contribution in [2.24, 2.45) is 0 Å². The SMILES string of the molecule is C=CCn1c(SCc2csc(C)n2)nc2cc(-c3ccccc3)sc2c1=O. The number of nitrogens with zero attached hydrogens (tertiary/aromatic N) is 3. The quantitative estimate of drug-likeness (QED) is 0.243. The van der Waals surface area contributed by atoms with Gasteiger partial charge in [-0.25, -0.2) is 9.97 Å². The minimum Gasteiger partial charge on any atom is -0.282 e. The number of hydrogen-bond acceptors (Lipinski definition) is 6. The first-order valence-corrected chi connectivity index (χ1v) is 11.1. The van der Waals surface area contributed by atoms with E-state index < -0.39 is 0 Å². The van der Waals surface area contributed by atoms with Crippen molar-refractivity contribution in [1.82, 2.24) is 14.5 Å². The van der Waals surface area contributed by atoms with Crippen molar-refractivity contribution >= 4 is 44.7 Å². The number of hydrogen-bond donors (Lipinski definition) is 0. The van der Waals surface area contributed by atoms with Crippen LogP contribution < -0.4 is 5.56 Å². The highest BCUT2D eigenvalue weighted by atomic mass is 32.2. The lowest BCUT2D eigenvalue weighted by molar-refractivity contribution is 0.672. The third kappa shape index (κ3) is 3.76. The van der Waals surface area contributed by atoms with E-state index in [-0.39, 0.29) is 5.56 Å². The molecule has 27 heavy (non-hydrogen) atoms. The van der Waals surface area contributed by atoms with Crippen molar-refractivity contribution in [1.29, 1.82) is 0 Å². The average Bonchev–Trinajstić information content (AvgIpc) is 3.30. The molecule has 0 bridgehead atoms. The van der Waals surface area contributed by atoms with E-state index in [1.807, 2.05) is 43.3 Å². The topological polar surface area (TPSA) is 47.8 Å². The van der Waals surface area contributed by atoms with Gasteiger partial charge in [-0.05, 0) is 18.6 Å². The van der Waals surface area contributed by atoms with Crippen molar-refractivity contribution in [2.75, 3.05) is 0 Å². The lowest BCUT2D eigenvalue weighted by atomic mass is 10.2. The van der Waals surface area contributed by atoms with Gasteiger partial charge in [0, 0.05) is 22.6 Å². The van der Waals surface area contributed by atoms with E-state index in [0.717, 1.165) is 26.7 Å². The highest BCUT2D eigenvalue weighted by Crippen LogP contribution is 2.32. The molecular formula is C20H17N3OS3. The Morgan fingerprint density at radius 2 is 2.07 bits per heavy atom. The van der Waals surface area contributed by atoms with Crippen LogP contribution in [-0.2, 0) is 12.3 Å². The molecule has 0 aliphatic rings. The van der Waals surface area contributed by atoms with Crippen molar-refractivity contribution in [3.8, 4) is 10.4 Å². The minimum absolute atomic E-state index is 0.0101. The van der Waals surface area contributed by atoms with Gasteiger partial charge in [-0.3, -0.25) is 9.36 Å². The summed E-state index contributed by atoms with van der Waals surface area (Å²) in [5, 5.41) is 3.80. The Morgan fingerprint density at radius 1 is 1.26 bits per heavy atom. The van der Waals surface area contributed by atoms with Crippen molar-refractivity contribution in [2.45, 2.75) is 24.4 Å². The minimum atomic E-state index is -0.0101. The van der Waals surface area contributed by atoms with Gasteiger partial charge in [0.25, 0.3) is 5.56 Å². The molecule has 0 amide bonds. The summed E-state index contributed by atoms with van der Waals surface area (Å²) in [7, 11) is 0. The molecule has 0 spiro atoms. The predicted octanol–water partition coefficient (Wildman–Crippen LogP) is 5.37. The van der Waals surface area contributed by atoms with E-state index in [4.69, 9.17) is 4.98 Å². The summed E-state index contributed by atoms with van der Waals surface area (Å²) in [6.45, 7) is 6.23. The summed E-state index contributed by atoms with van der Waals surface area (Å²) in [5.41, 5.74) is 2.85. The maximum absolute atomic E-state index is 13.1. The molecule has 4 rings (SSSR count). The number of thioether (sulfide) groups is 1. The Balaban J connectivity index is 1.76. The molecule has 0 atom stereocenters. The lowest BCUT2D eigenvalue weighted by Gasteiger charge is -2.09. The highest BCUT2D eigenvalue weighted by Gasteiger charge is 2.15. The van der Waals surface area contributed by atoms with Crippen molar-refractivity contribution < 1.29 is 0 Å². The maximum Gasteiger partial charge on any atom is 0.272 e. The molecule has 0 fully saturated rings. The second kappa shape index (κ2) is 7.80. The summed E-state index contributed by atoms with van der Waals surface area (Å²) >= 11 is 4.67. The number of allylic oxidation sites excluding steroid dienone is 1. The summed E-state index contributed by atoms with van der Waals surface area (Å²) in [6, 6.07) is 12.1. The molecule has 0 saturated carbocycles. The van der Waals surface area contributed by atoms with Gasteiger partial charge < -0.3 is 0 Å². The van der Waals surface area contributed by atoms with Gasteiger partial charge in [0.1, 0.15) is 4.70 Å². The van der Waals surface area contributed by atoms with Crippen LogP contribution in [0.3, 0.4) is 0 Å². The fourth-order valence-corrected chi connectivity index (χ4v) is 5.42. The number of benzene rings is 1. The molecule has 0 N–H and O–H groups in total. The standard InChI is InChI=1S/C20H17N3OS3/c1-3-9-23-19(24)18-16(10-17(27-18)14-7-5-4-6-8-14)22-20(23)26-12-15-11-25-13(2)21-15/h3-8,10-11H,1,9,12H2,2H3. The number of aromatic nitrogens is 3. The van der Waals surface area contributed by atoms with Crippen molar-refractivity contribution in [3.63, 3.8) is 0 Å². The van der Waals surface area contributed by atoms with Crippen LogP contribution in [0.1, 0.15) is 10.7 Å². The second-order valence-corrected chi connectivity index (χ2v) is 8.99. The zero-order chi connectivity index (χ0) is 18.8. The van der Waals surface area contributed by atoms with Crippen LogP contribution in [0.15, 0.2) is 64.4 Å². The van der Waals surface area contributed by atoms with Gasteiger partial charge in [-0.1, -0.05) is 48.2 Å². The molecular weight excluding hydrogens is 394 g/mol. The molecule has 3 aromatic heterocycles. The zero-order valence-electron chi connectivity index (χ0n) is 14.7. The second-order valence-electron chi connectivity index (χ2n) is 5.94. The molecule has 0 aliphatic carbocycles. The Kier molecular flexibility index (Phi) is 5.24. The predicted molar refractivity (Wildman–Crippen MR) is 116 cm³/mol. The van der Waals surface area contributed by atoms with Crippen LogP contribution in [0, 0.1) is 6.92 Å². The zero-order valence-corrected chi connectivity index (χ0v) is 17.2. The summed E-state index contributed by atoms with van der Waals surface area (Å²) in [5.74, 6) is 0.690. The molecule has 4 nitrogen and oxygen atoms in total. The number of thiophene rings is 1. The fourth-order valence-electron chi connectivity index (χ4n) is 2.75. The number of rotatable bonds is 6. The third-order valence-electron chi connectivity index (χ3n) is 3.98.